The van der Waals surface area contributed by atoms with Gasteiger partial charge in [-0.3, -0.25) is 0 Å². The molecule has 0 aromatic carbocycles. The molecule has 17 heavy (non-hydrogen) atoms. The molecule has 0 aliphatic heterocycles. The second kappa shape index (κ2) is 3.08. The molecule has 0 aromatic heterocycles. The van der Waals surface area contributed by atoms with E-state index >= 15 is 0 Å². The normalized spacial score (nSPS) is 60.4. The maximum absolute atomic E-state index is 10.8. The minimum atomic E-state index is -0.578. The fourth-order valence-electron chi connectivity index (χ4n) is 5.42. The zero-order valence-corrected chi connectivity index (χ0v) is 11.5. The molecule has 3 aliphatic carbocycles. The molecule has 3 fully saturated rings. The predicted octanol–water partition coefficient (Wildman–Crippen LogP) is 2.58. The fraction of sp³-hybridized carbons (Fsp3) is 1.00. The maximum atomic E-state index is 10.8. The van der Waals surface area contributed by atoms with Gasteiger partial charge in [-0.25, -0.2) is 0 Å². The lowest BCUT2D eigenvalue weighted by molar-refractivity contribution is -0.173. The van der Waals surface area contributed by atoms with Gasteiger partial charge < -0.3 is 10.2 Å². The second-order valence-corrected chi connectivity index (χ2v) is 7.89. The lowest BCUT2D eigenvalue weighted by Crippen LogP contribution is -2.57. The zero-order valence-electron chi connectivity index (χ0n) is 11.5. The maximum Gasteiger partial charge on any atom is 0.0657 e. The van der Waals surface area contributed by atoms with Gasteiger partial charge in [-0.2, -0.15) is 0 Å². The summed E-state index contributed by atoms with van der Waals surface area (Å²) in [6.07, 6.45) is 3.62. The van der Waals surface area contributed by atoms with Crippen LogP contribution in [0.1, 0.15) is 53.4 Å². The molecule has 98 valence electrons. The van der Waals surface area contributed by atoms with E-state index < -0.39 is 5.60 Å². The van der Waals surface area contributed by atoms with Crippen LogP contribution in [0.2, 0.25) is 0 Å². The van der Waals surface area contributed by atoms with Gasteiger partial charge in [0, 0.05) is 0 Å². The molecule has 3 aliphatic rings. The van der Waals surface area contributed by atoms with Gasteiger partial charge in [0.15, 0.2) is 0 Å². The summed E-state index contributed by atoms with van der Waals surface area (Å²) in [5.41, 5.74) is -0.259. The largest absolute Gasteiger partial charge is 0.393 e. The van der Waals surface area contributed by atoms with Crippen LogP contribution in [0.25, 0.3) is 0 Å². The van der Waals surface area contributed by atoms with Gasteiger partial charge in [0.25, 0.3) is 0 Å². The number of rotatable bonds is 0. The van der Waals surface area contributed by atoms with Gasteiger partial charge in [0.1, 0.15) is 0 Å². The predicted molar refractivity (Wildman–Crippen MR) is 67.5 cm³/mol. The van der Waals surface area contributed by atoms with Crippen molar-refractivity contribution in [3.63, 3.8) is 0 Å². The van der Waals surface area contributed by atoms with Crippen molar-refractivity contribution in [1.29, 1.82) is 0 Å². The molecule has 3 rings (SSSR count). The Morgan fingerprint density at radius 2 is 1.65 bits per heavy atom. The first-order valence-corrected chi connectivity index (χ1v) is 7.12. The quantitative estimate of drug-likeness (QED) is 0.681. The Morgan fingerprint density at radius 3 is 2.29 bits per heavy atom. The van der Waals surface area contributed by atoms with Crippen molar-refractivity contribution >= 4 is 0 Å². The van der Waals surface area contributed by atoms with Gasteiger partial charge in [-0.05, 0) is 61.2 Å². The van der Waals surface area contributed by atoms with E-state index in [0.717, 1.165) is 25.2 Å². The van der Waals surface area contributed by atoms with E-state index in [1.807, 2.05) is 6.92 Å². The summed E-state index contributed by atoms with van der Waals surface area (Å²) in [7, 11) is 0. The van der Waals surface area contributed by atoms with Crippen LogP contribution in [-0.4, -0.2) is 21.9 Å². The first kappa shape index (κ1) is 12.0. The van der Waals surface area contributed by atoms with Crippen molar-refractivity contribution in [3.05, 3.63) is 0 Å². The van der Waals surface area contributed by atoms with E-state index in [1.165, 1.54) is 6.42 Å². The third kappa shape index (κ3) is 1.34. The summed E-state index contributed by atoms with van der Waals surface area (Å²) in [5.74, 6) is 1.68. The third-order valence-electron chi connectivity index (χ3n) is 6.56. The Balaban J connectivity index is 2.01. The zero-order chi connectivity index (χ0) is 12.6. The van der Waals surface area contributed by atoms with Gasteiger partial charge in [0.2, 0.25) is 0 Å². The summed E-state index contributed by atoms with van der Waals surface area (Å²) in [5, 5.41) is 21.2. The molecule has 0 radical (unpaired) electrons. The molecule has 2 nitrogen and oxygen atoms in total. The molecule has 6 atom stereocenters. The molecule has 2 heteroatoms. The summed E-state index contributed by atoms with van der Waals surface area (Å²) in [6.45, 7) is 8.88. The van der Waals surface area contributed by atoms with Crippen LogP contribution in [0.15, 0.2) is 0 Å². The average Bonchev–Trinajstić information content (AvgIpc) is 2.75. The highest BCUT2D eigenvalue weighted by atomic mass is 16.3. The second-order valence-electron chi connectivity index (χ2n) is 7.89. The van der Waals surface area contributed by atoms with Gasteiger partial charge in [-0.15, -0.1) is 0 Å². The van der Waals surface area contributed by atoms with Crippen molar-refractivity contribution in [2.75, 3.05) is 0 Å². The lowest BCUT2D eigenvalue weighted by atomic mass is 9.53. The van der Waals surface area contributed by atoms with E-state index in [2.05, 4.69) is 20.8 Å². The van der Waals surface area contributed by atoms with Crippen LogP contribution in [0, 0.1) is 28.6 Å². The molecule has 0 spiro atoms. The molecule has 0 saturated heterocycles. The number of hydrogen-bond donors (Lipinski definition) is 2. The fourth-order valence-corrected chi connectivity index (χ4v) is 5.42. The first-order chi connectivity index (χ1) is 7.71. The molecule has 0 aromatic rings. The van der Waals surface area contributed by atoms with Crippen molar-refractivity contribution in [2.45, 2.75) is 65.1 Å². The number of fused-ring (bicyclic) bond motifs is 3. The van der Waals surface area contributed by atoms with Crippen LogP contribution in [0.5, 0.6) is 0 Å². The molecule has 0 heterocycles. The number of hydrogen-bond acceptors (Lipinski definition) is 2. The molecular formula is C15H26O2. The van der Waals surface area contributed by atoms with Crippen molar-refractivity contribution < 1.29 is 10.2 Å². The van der Waals surface area contributed by atoms with Crippen molar-refractivity contribution in [2.24, 2.45) is 28.6 Å². The average molecular weight is 238 g/mol. The number of aliphatic hydroxyl groups is 2. The molecule has 0 unspecified atom stereocenters. The highest BCUT2D eigenvalue weighted by Crippen LogP contribution is 2.74. The molecule has 2 N–H and O–H groups in total. The Morgan fingerprint density at radius 1 is 1.00 bits per heavy atom. The Hall–Kier alpha value is -0.0800. The monoisotopic (exact) mass is 238 g/mol. The summed E-state index contributed by atoms with van der Waals surface area (Å²) in [6, 6.07) is 0. The van der Waals surface area contributed by atoms with Crippen LogP contribution in [0.4, 0.5) is 0 Å². The highest BCUT2D eigenvalue weighted by molar-refractivity contribution is 5.19. The lowest BCUT2D eigenvalue weighted by Gasteiger charge is -2.55. The Kier molecular flexibility index (Phi) is 2.17. The standard InChI is InChI=1S/C15H26O2/c1-13(2)9-5-7-14(3)10(16)6-8-15(4,17)12(14)11(9)13/h9-12,16-17H,5-8H2,1-4H3/t9-,10+,11-,12+,14-,15-/m1/s1. The SMILES string of the molecule is CC1(C)[C@@H]2[C@H]1CC[C@]1(C)[C@@H](O)CC[C@@](C)(O)[C@@H]21. The minimum absolute atomic E-state index is 0.0588. The first-order valence-electron chi connectivity index (χ1n) is 7.12. The minimum Gasteiger partial charge on any atom is -0.393 e. The smallest absolute Gasteiger partial charge is 0.0657 e. The van der Waals surface area contributed by atoms with E-state index in [0.29, 0.717) is 11.3 Å². The number of aliphatic hydroxyl groups excluding tert-OH is 1. The van der Waals surface area contributed by atoms with Crippen molar-refractivity contribution in [1.82, 2.24) is 0 Å². The van der Waals surface area contributed by atoms with Crippen LogP contribution < -0.4 is 0 Å². The van der Waals surface area contributed by atoms with Gasteiger partial charge in [-0.1, -0.05) is 20.8 Å². The van der Waals surface area contributed by atoms with Crippen LogP contribution in [0.3, 0.4) is 0 Å². The topological polar surface area (TPSA) is 40.5 Å². The van der Waals surface area contributed by atoms with Crippen LogP contribution in [-0.2, 0) is 0 Å². The van der Waals surface area contributed by atoms with E-state index in [4.69, 9.17) is 0 Å². The van der Waals surface area contributed by atoms with Gasteiger partial charge in [0.05, 0.1) is 11.7 Å². The van der Waals surface area contributed by atoms with E-state index in [-0.39, 0.29) is 17.4 Å². The molecule has 0 amide bonds. The highest BCUT2D eigenvalue weighted by Gasteiger charge is 2.71. The molecule has 3 saturated carbocycles. The third-order valence-corrected chi connectivity index (χ3v) is 6.56. The van der Waals surface area contributed by atoms with E-state index in [9.17, 15) is 10.2 Å². The Bertz CT molecular complexity index is 347. The van der Waals surface area contributed by atoms with Gasteiger partial charge >= 0.3 is 0 Å². The molecule has 0 bridgehead atoms. The van der Waals surface area contributed by atoms with Crippen molar-refractivity contribution in [3.8, 4) is 0 Å². The summed E-state index contributed by atoms with van der Waals surface area (Å²) in [4.78, 5) is 0. The Labute approximate surface area is 104 Å². The van der Waals surface area contributed by atoms with E-state index in [1.54, 1.807) is 0 Å². The summed E-state index contributed by atoms with van der Waals surface area (Å²) >= 11 is 0. The summed E-state index contributed by atoms with van der Waals surface area (Å²) < 4.78 is 0. The van der Waals surface area contributed by atoms with Crippen LogP contribution >= 0.6 is 0 Å². The molecular weight excluding hydrogens is 212 g/mol.